The molecular weight excluding hydrogens is 184 g/mol. The van der Waals surface area contributed by atoms with Crippen molar-refractivity contribution in [1.29, 1.82) is 0 Å². The molecule has 0 saturated carbocycles. The molecule has 0 bridgehead atoms. The zero-order valence-corrected chi connectivity index (χ0v) is 10.8. The molecule has 0 radical (unpaired) electrons. The smallest absolute Gasteiger partial charge is 0.00362 e. The normalized spacial score (nSPS) is 26.2. The molecule has 1 N–H and O–H groups in total. The summed E-state index contributed by atoms with van der Waals surface area (Å²) in [7, 11) is 2.05. The highest BCUT2D eigenvalue weighted by Crippen LogP contribution is 2.16. The van der Waals surface area contributed by atoms with Crippen LogP contribution in [0.1, 0.15) is 46.0 Å². The monoisotopic (exact) mass is 212 g/mol. The number of nitrogens with zero attached hydrogens (tertiary/aromatic N) is 1. The lowest BCUT2D eigenvalue weighted by Gasteiger charge is -2.20. The van der Waals surface area contributed by atoms with Gasteiger partial charge < -0.3 is 10.2 Å². The molecule has 2 atom stereocenters. The first-order valence-electron chi connectivity index (χ1n) is 6.62. The molecule has 0 aromatic rings. The van der Waals surface area contributed by atoms with Crippen LogP contribution in [0.4, 0.5) is 0 Å². The molecule has 2 unspecified atom stereocenters. The van der Waals surface area contributed by atoms with Gasteiger partial charge in [0, 0.05) is 6.04 Å². The van der Waals surface area contributed by atoms with Crippen molar-refractivity contribution in [3.63, 3.8) is 0 Å². The molecule has 1 aliphatic heterocycles. The third kappa shape index (κ3) is 5.53. The first kappa shape index (κ1) is 13.0. The molecule has 1 fully saturated rings. The van der Waals surface area contributed by atoms with E-state index in [2.05, 4.69) is 31.1 Å². The SMILES string of the molecule is CNC(C)CCCN1CCCC(C)CC1. The van der Waals surface area contributed by atoms with Crippen LogP contribution >= 0.6 is 0 Å². The van der Waals surface area contributed by atoms with Gasteiger partial charge in [0.15, 0.2) is 0 Å². The standard InChI is InChI=1S/C13H28N2/c1-12-6-4-9-15(11-8-12)10-5-7-13(2)14-3/h12-14H,4-11H2,1-3H3. The van der Waals surface area contributed by atoms with Gasteiger partial charge in [-0.05, 0) is 71.6 Å². The third-order valence-electron chi connectivity index (χ3n) is 3.71. The highest BCUT2D eigenvalue weighted by atomic mass is 15.1. The maximum atomic E-state index is 3.30. The van der Waals surface area contributed by atoms with Crippen LogP contribution in [0.2, 0.25) is 0 Å². The second kappa shape index (κ2) is 7.24. The van der Waals surface area contributed by atoms with E-state index >= 15 is 0 Å². The van der Waals surface area contributed by atoms with E-state index in [1.165, 1.54) is 51.7 Å². The number of nitrogens with one attached hydrogen (secondary N) is 1. The van der Waals surface area contributed by atoms with Crippen molar-refractivity contribution in [1.82, 2.24) is 10.2 Å². The van der Waals surface area contributed by atoms with E-state index in [0.29, 0.717) is 6.04 Å². The summed E-state index contributed by atoms with van der Waals surface area (Å²) in [6.07, 6.45) is 6.90. The average molecular weight is 212 g/mol. The molecule has 0 amide bonds. The largest absolute Gasteiger partial charge is 0.317 e. The van der Waals surface area contributed by atoms with Gasteiger partial charge in [0.25, 0.3) is 0 Å². The zero-order chi connectivity index (χ0) is 11.1. The van der Waals surface area contributed by atoms with Crippen molar-refractivity contribution in [2.45, 2.75) is 52.0 Å². The quantitative estimate of drug-likeness (QED) is 0.753. The van der Waals surface area contributed by atoms with Gasteiger partial charge in [-0.3, -0.25) is 0 Å². The van der Waals surface area contributed by atoms with E-state index in [4.69, 9.17) is 0 Å². The van der Waals surface area contributed by atoms with Gasteiger partial charge in [0.2, 0.25) is 0 Å². The number of likely N-dealkylation sites (tertiary alicyclic amines) is 1. The number of rotatable bonds is 5. The lowest BCUT2D eigenvalue weighted by Crippen LogP contribution is -2.28. The van der Waals surface area contributed by atoms with Crippen LogP contribution in [0.3, 0.4) is 0 Å². The van der Waals surface area contributed by atoms with Gasteiger partial charge in [-0.1, -0.05) is 6.92 Å². The van der Waals surface area contributed by atoms with Crippen molar-refractivity contribution in [2.75, 3.05) is 26.7 Å². The van der Waals surface area contributed by atoms with E-state index in [1.807, 2.05) is 0 Å². The molecule has 15 heavy (non-hydrogen) atoms. The van der Waals surface area contributed by atoms with E-state index in [1.54, 1.807) is 0 Å². The summed E-state index contributed by atoms with van der Waals surface area (Å²) in [6, 6.07) is 0.677. The minimum absolute atomic E-state index is 0.677. The summed E-state index contributed by atoms with van der Waals surface area (Å²) in [5, 5.41) is 3.30. The Labute approximate surface area is 95.4 Å². The average Bonchev–Trinajstić information content (AvgIpc) is 2.43. The van der Waals surface area contributed by atoms with E-state index in [9.17, 15) is 0 Å². The number of hydrogen-bond acceptors (Lipinski definition) is 2. The highest BCUT2D eigenvalue weighted by molar-refractivity contribution is 4.68. The molecule has 90 valence electrons. The summed E-state index contributed by atoms with van der Waals surface area (Å²) >= 11 is 0. The first-order valence-corrected chi connectivity index (χ1v) is 6.62. The van der Waals surface area contributed by atoms with E-state index in [-0.39, 0.29) is 0 Å². The van der Waals surface area contributed by atoms with Crippen molar-refractivity contribution in [3.8, 4) is 0 Å². The van der Waals surface area contributed by atoms with Crippen LogP contribution in [-0.2, 0) is 0 Å². The van der Waals surface area contributed by atoms with Crippen LogP contribution in [0.15, 0.2) is 0 Å². The van der Waals surface area contributed by atoms with Gasteiger partial charge in [-0.25, -0.2) is 0 Å². The van der Waals surface area contributed by atoms with Gasteiger partial charge in [-0.2, -0.15) is 0 Å². The van der Waals surface area contributed by atoms with Gasteiger partial charge >= 0.3 is 0 Å². The maximum Gasteiger partial charge on any atom is 0.00362 e. The predicted octanol–water partition coefficient (Wildman–Crippen LogP) is 2.50. The van der Waals surface area contributed by atoms with Crippen molar-refractivity contribution >= 4 is 0 Å². The Morgan fingerprint density at radius 3 is 2.87 bits per heavy atom. The highest BCUT2D eigenvalue weighted by Gasteiger charge is 2.13. The second-order valence-electron chi connectivity index (χ2n) is 5.21. The van der Waals surface area contributed by atoms with Crippen LogP contribution in [0.25, 0.3) is 0 Å². The Balaban J connectivity index is 2.10. The molecule has 2 heteroatoms. The van der Waals surface area contributed by atoms with Crippen LogP contribution in [0, 0.1) is 5.92 Å². The summed E-state index contributed by atoms with van der Waals surface area (Å²) in [5.41, 5.74) is 0. The van der Waals surface area contributed by atoms with E-state index in [0.717, 1.165) is 5.92 Å². The molecule has 0 spiro atoms. The lowest BCUT2D eigenvalue weighted by molar-refractivity contribution is 0.271. The van der Waals surface area contributed by atoms with Gasteiger partial charge in [-0.15, -0.1) is 0 Å². The Kier molecular flexibility index (Phi) is 6.26. The van der Waals surface area contributed by atoms with Gasteiger partial charge in [0.1, 0.15) is 0 Å². The van der Waals surface area contributed by atoms with Crippen molar-refractivity contribution in [2.24, 2.45) is 5.92 Å². The second-order valence-corrected chi connectivity index (χ2v) is 5.21. The van der Waals surface area contributed by atoms with Crippen LogP contribution in [-0.4, -0.2) is 37.6 Å². The third-order valence-corrected chi connectivity index (χ3v) is 3.71. The van der Waals surface area contributed by atoms with Crippen molar-refractivity contribution in [3.05, 3.63) is 0 Å². The minimum atomic E-state index is 0.677. The fourth-order valence-electron chi connectivity index (χ4n) is 2.31. The molecule has 1 heterocycles. The Morgan fingerprint density at radius 2 is 2.13 bits per heavy atom. The van der Waals surface area contributed by atoms with Crippen molar-refractivity contribution < 1.29 is 0 Å². The molecule has 2 nitrogen and oxygen atoms in total. The Bertz CT molecular complexity index is 159. The Hall–Kier alpha value is -0.0800. The summed E-state index contributed by atoms with van der Waals surface area (Å²) in [4.78, 5) is 2.66. The molecule has 0 aromatic heterocycles. The van der Waals surface area contributed by atoms with E-state index < -0.39 is 0 Å². The predicted molar refractivity (Wildman–Crippen MR) is 67.2 cm³/mol. The fraction of sp³-hybridized carbons (Fsp3) is 1.00. The molecule has 1 aliphatic rings. The first-order chi connectivity index (χ1) is 7.22. The summed E-state index contributed by atoms with van der Waals surface area (Å²) in [5.74, 6) is 0.950. The summed E-state index contributed by atoms with van der Waals surface area (Å²) in [6.45, 7) is 8.63. The molecular formula is C13H28N2. The topological polar surface area (TPSA) is 15.3 Å². The fourth-order valence-corrected chi connectivity index (χ4v) is 2.31. The molecule has 1 rings (SSSR count). The van der Waals surface area contributed by atoms with Crippen LogP contribution in [0.5, 0.6) is 0 Å². The van der Waals surface area contributed by atoms with Gasteiger partial charge in [0.05, 0.1) is 0 Å². The Morgan fingerprint density at radius 1 is 1.33 bits per heavy atom. The maximum absolute atomic E-state index is 3.30. The van der Waals surface area contributed by atoms with Crippen LogP contribution < -0.4 is 5.32 Å². The minimum Gasteiger partial charge on any atom is -0.317 e. The summed E-state index contributed by atoms with van der Waals surface area (Å²) < 4.78 is 0. The molecule has 0 aliphatic carbocycles. The molecule has 1 saturated heterocycles. The zero-order valence-electron chi connectivity index (χ0n) is 10.8. The number of hydrogen-bond donors (Lipinski definition) is 1. The molecule has 0 aromatic carbocycles. The lowest BCUT2D eigenvalue weighted by atomic mass is 10.0.